The van der Waals surface area contributed by atoms with Crippen LogP contribution in [-0.2, 0) is 14.4 Å². The van der Waals surface area contributed by atoms with E-state index in [4.69, 9.17) is 25.5 Å². The Morgan fingerprint density at radius 2 is 0.783 bits per heavy atom. The van der Waals surface area contributed by atoms with Gasteiger partial charge in [0.1, 0.15) is 0 Å². The largest absolute Gasteiger partial charge is 0.478 e. The number of unbranched alkanes of at least 4 members (excludes halogenated alkanes) is 3. The molecule has 0 bridgehead atoms. The van der Waals surface area contributed by atoms with Gasteiger partial charge in [0.05, 0.1) is 0 Å². The van der Waals surface area contributed by atoms with E-state index in [0.717, 1.165) is 43.9 Å². The highest BCUT2D eigenvalue weighted by Crippen LogP contribution is 1.96. The van der Waals surface area contributed by atoms with Gasteiger partial charge in [0.15, 0.2) is 0 Å². The summed E-state index contributed by atoms with van der Waals surface area (Å²) < 4.78 is 0. The minimum Gasteiger partial charge on any atom is -0.478 e. The molecule has 8 nitrogen and oxygen atoms in total. The Morgan fingerprint density at radius 1 is 0.609 bits per heavy atom. The maximum absolute atomic E-state index is 9.25. The van der Waals surface area contributed by atoms with Crippen molar-refractivity contribution in [2.45, 2.75) is 25.7 Å². The molecule has 0 heterocycles. The first-order valence-corrected chi connectivity index (χ1v) is 6.51. The van der Waals surface area contributed by atoms with E-state index < -0.39 is 17.9 Å². The number of carboxylic acid groups (broad SMARTS) is 3. The van der Waals surface area contributed by atoms with Crippen molar-refractivity contribution in [3.8, 4) is 0 Å². The molecule has 0 aliphatic carbocycles. The monoisotopic (exact) mass is 334 g/mol. The van der Waals surface area contributed by atoms with Crippen molar-refractivity contribution in [3.63, 3.8) is 0 Å². The van der Waals surface area contributed by atoms with Crippen LogP contribution in [0.15, 0.2) is 38.0 Å². The van der Waals surface area contributed by atoms with Crippen LogP contribution >= 0.6 is 0 Å². The summed E-state index contributed by atoms with van der Waals surface area (Å²) in [5.74, 6) is -2.94. The number of hydrogen-bond donors (Lipinski definition) is 5. The number of carboxylic acids is 3. The molecule has 0 atom stereocenters. The zero-order chi connectivity index (χ0) is 19.1. The lowest BCUT2D eigenvalue weighted by Crippen LogP contribution is -1.85. The Morgan fingerprint density at radius 3 is 0.870 bits per heavy atom. The average molecular weight is 334 g/mol. The van der Waals surface area contributed by atoms with E-state index in [1.54, 1.807) is 0 Å². The molecule has 134 valence electrons. The van der Waals surface area contributed by atoms with Crippen LogP contribution in [0.3, 0.4) is 0 Å². The minimum atomic E-state index is -0.981. The molecule has 0 amide bonds. The van der Waals surface area contributed by atoms with Crippen molar-refractivity contribution < 1.29 is 39.9 Å². The molecule has 0 unspecified atom stereocenters. The maximum atomic E-state index is 9.25. The number of aliphatic hydroxyl groups is 2. The lowest BCUT2D eigenvalue weighted by molar-refractivity contribution is -0.132. The summed E-state index contributed by atoms with van der Waals surface area (Å²) in [5.41, 5.74) is 0. The predicted octanol–water partition coefficient (Wildman–Crippen LogP) is 1.30. The van der Waals surface area contributed by atoms with Crippen LogP contribution in [-0.4, -0.2) is 56.7 Å². The Labute approximate surface area is 135 Å². The summed E-state index contributed by atoms with van der Waals surface area (Å²) in [7, 11) is 0. The summed E-state index contributed by atoms with van der Waals surface area (Å²) in [4.78, 5) is 27.8. The van der Waals surface area contributed by atoms with Crippen LogP contribution in [0.2, 0.25) is 0 Å². The molecule has 0 spiro atoms. The molecule has 0 aliphatic heterocycles. The molecule has 8 heteroatoms. The van der Waals surface area contributed by atoms with E-state index in [1.165, 1.54) is 0 Å². The predicted molar refractivity (Wildman–Crippen MR) is 86.1 cm³/mol. The molecule has 0 saturated heterocycles. The van der Waals surface area contributed by atoms with Crippen LogP contribution in [0.25, 0.3) is 0 Å². The Kier molecular flexibility index (Phi) is 34.7. The number of aliphatic carboxylic acids is 3. The van der Waals surface area contributed by atoms with Gasteiger partial charge in [-0.25, -0.2) is 14.4 Å². The van der Waals surface area contributed by atoms with Crippen LogP contribution in [0, 0.1) is 0 Å². The number of rotatable bonds is 8. The van der Waals surface area contributed by atoms with Crippen molar-refractivity contribution in [3.05, 3.63) is 38.0 Å². The van der Waals surface area contributed by atoms with Crippen LogP contribution in [0.1, 0.15) is 25.7 Å². The van der Waals surface area contributed by atoms with E-state index in [9.17, 15) is 14.4 Å². The standard InChI is InChI=1S/C6H14O2.3C3H4O2/c7-5-3-1-2-4-6-8;3*1-2-3(4)5/h7-8H,1-6H2;3*2H,1H2,(H,4,5). The van der Waals surface area contributed by atoms with E-state index in [0.29, 0.717) is 0 Å². The molecular weight excluding hydrogens is 308 g/mol. The van der Waals surface area contributed by atoms with Crippen molar-refractivity contribution in [1.82, 2.24) is 0 Å². The van der Waals surface area contributed by atoms with E-state index >= 15 is 0 Å². The van der Waals surface area contributed by atoms with Crippen LogP contribution < -0.4 is 0 Å². The number of carbonyl (C=O) groups is 3. The zero-order valence-electron chi connectivity index (χ0n) is 13.1. The molecule has 0 fully saturated rings. The number of aliphatic hydroxyl groups excluding tert-OH is 2. The third-order valence-electron chi connectivity index (χ3n) is 1.59. The van der Waals surface area contributed by atoms with Gasteiger partial charge in [0, 0.05) is 31.4 Å². The summed E-state index contributed by atoms with van der Waals surface area (Å²) in [6.07, 6.45) is 6.33. The molecule has 23 heavy (non-hydrogen) atoms. The summed E-state index contributed by atoms with van der Waals surface area (Å²) >= 11 is 0. The Hall–Kier alpha value is -2.45. The van der Waals surface area contributed by atoms with Gasteiger partial charge in [0.25, 0.3) is 0 Å². The van der Waals surface area contributed by atoms with Gasteiger partial charge >= 0.3 is 17.9 Å². The minimum absolute atomic E-state index is 0.283. The molecule has 0 aromatic rings. The van der Waals surface area contributed by atoms with E-state index in [2.05, 4.69) is 19.7 Å². The lowest BCUT2D eigenvalue weighted by atomic mass is 10.2. The fourth-order valence-corrected chi connectivity index (χ4v) is 0.577. The maximum Gasteiger partial charge on any atom is 0.327 e. The van der Waals surface area contributed by atoms with Crippen LogP contribution in [0.4, 0.5) is 0 Å². The molecule has 0 radical (unpaired) electrons. The van der Waals surface area contributed by atoms with Crippen molar-refractivity contribution in [2.75, 3.05) is 13.2 Å². The van der Waals surface area contributed by atoms with E-state index in [-0.39, 0.29) is 13.2 Å². The summed E-state index contributed by atoms with van der Waals surface area (Å²) in [6, 6.07) is 0. The summed E-state index contributed by atoms with van der Waals surface area (Å²) in [5, 5.41) is 39.4. The second-order valence-corrected chi connectivity index (χ2v) is 3.49. The topological polar surface area (TPSA) is 152 Å². The Balaban J connectivity index is -0.000000108. The normalized spacial score (nSPS) is 7.57. The highest BCUT2D eigenvalue weighted by Gasteiger charge is 1.84. The highest BCUT2D eigenvalue weighted by molar-refractivity contribution is 5.79. The first-order chi connectivity index (χ1) is 10.7. The molecule has 0 rings (SSSR count). The van der Waals surface area contributed by atoms with Gasteiger partial charge in [-0.05, 0) is 12.8 Å². The van der Waals surface area contributed by atoms with Gasteiger partial charge < -0.3 is 25.5 Å². The van der Waals surface area contributed by atoms with Crippen molar-refractivity contribution >= 4 is 17.9 Å². The fraction of sp³-hybridized carbons (Fsp3) is 0.400. The van der Waals surface area contributed by atoms with Gasteiger partial charge in [-0.3, -0.25) is 0 Å². The van der Waals surface area contributed by atoms with Gasteiger partial charge in [-0.2, -0.15) is 0 Å². The average Bonchev–Trinajstić information content (AvgIpc) is 2.53. The highest BCUT2D eigenvalue weighted by atomic mass is 16.4. The molecule has 0 aromatic carbocycles. The third-order valence-corrected chi connectivity index (χ3v) is 1.59. The quantitative estimate of drug-likeness (QED) is 0.329. The lowest BCUT2D eigenvalue weighted by Gasteiger charge is -1.93. The van der Waals surface area contributed by atoms with Gasteiger partial charge in [0.2, 0.25) is 0 Å². The van der Waals surface area contributed by atoms with Crippen molar-refractivity contribution in [1.29, 1.82) is 0 Å². The first-order valence-electron chi connectivity index (χ1n) is 6.51. The second-order valence-electron chi connectivity index (χ2n) is 3.49. The van der Waals surface area contributed by atoms with Crippen molar-refractivity contribution in [2.24, 2.45) is 0 Å². The van der Waals surface area contributed by atoms with E-state index in [1.807, 2.05) is 0 Å². The third kappa shape index (κ3) is 82.4. The molecular formula is C15H26O8. The number of hydrogen-bond acceptors (Lipinski definition) is 5. The second kappa shape index (κ2) is 27.8. The zero-order valence-corrected chi connectivity index (χ0v) is 13.1. The smallest absolute Gasteiger partial charge is 0.327 e. The van der Waals surface area contributed by atoms with Gasteiger partial charge in [-0.15, -0.1) is 0 Å². The molecule has 0 aromatic heterocycles. The summed E-state index contributed by atoms with van der Waals surface area (Å²) in [6.45, 7) is 9.45. The SMILES string of the molecule is C=CC(=O)O.C=CC(=O)O.C=CC(=O)O.OCCCCCCO. The van der Waals surface area contributed by atoms with Crippen LogP contribution in [0.5, 0.6) is 0 Å². The molecule has 0 aliphatic rings. The first kappa shape index (κ1) is 28.7. The molecule has 0 saturated carbocycles. The molecule has 5 N–H and O–H groups in total. The Bertz CT molecular complexity index is 288. The van der Waals surface area contributed by atoms with Gasteiger partial charge in [-0.1, -0.05) is 32.6 Å². The fourth-order valence-electron chi connectivity index (χ4n) is 0.577.